The third-order valence-electron chi connectivity index (χ3n) is 5.41. The first-order chi connectivity index (χ1) is 13.2. The summed E-state index contributed by atoms with van der Waals surface area (Å²) < 4.78 is 7.33. The average molecular weight is 382 g/mol. The van der Waals surface area contributed by atoms with Gasteiger partial charge in [0, 0.05) is 10.9 Å². The maximum Gasteiger partial charge on any atom is 0.255 e. The van der Waals surface area contributed by atoms with E-state index in [9.17, 15) is 4.79 Å². The summed E-state index contributed by atoms with van der Waals surface area (Å²) in [5.41, 5.74) is 2.84. The highest BCUT2D eigenvalue weighted by atomic mass is 32.1. The molecule has 0 radical (unpaired) electrons. The molecule has 138 valence electrons. The molecule has 2 aliphatic rings. The van der Waals surface area contributed by atoms with Gasteiger partial charge in [0.25, 0.3) is 5.91 Å². The van der Waals surface area contributed by atoms with Crippen molar-refractivity contribution in [2.45, 2.75) is 31.8 Å². The molecular formula is C18H18N6O2S. The van der Waals surface area contributed by atoms with Crippen molar-refractivity contribution in [3.63, 3.8) is 0 Å². The van der Waals surface area contributed by atoms with Crippen LogP contribution in [-0.4, -0.2) is 43.8 Å². The Bertz CT molecular complexity index is 966. The lowest BCUT2D eigenvalue weighted by molar-refractivity contribution is -0.124. The van der Waals surface area contributed by atoms with Crippen LogP contribution in [-0.2, 0) is 9.53 Å². The smallest absolute Gasteiger partial charge is 0.255 e. The number of aromatic nitrogens is 5. The van der Waals surface area contributed by atoms with Crippen molar-refractivity contribution in [3.8, 4) is 16.9 Å². The van der Waals surface area contributed by atoms with Gasteiger partial charge in [-0.15, -0.1) is 16.4 Å². The number of tetrazole rings is 1. The number of carbonyl (C=O) groups excluding carboxylic acids is 1. The number of thiazole rings is 1. The predicted molar refractivity (Wildman–Crippen MR) is 99.5 cm³/mol. The minimum absolute atomic E-state index is 0.0953. The fraction of sp³-hybridized carbons (Fsp3) is 0.389. The number of benzene rings is 1. The zero-order chi connectivity index (χ0) is 18.3. The monoisotopic (exact) mass is 382 g/mol. The first-order valence-electron chi connectivity index (χ1n) is 8.93. The van der Waals surface area contributed by atoms with Gasteiger partial charge in [-0.05, 0) is 47.2 Å². The van der Waals surface area contributed by atoms with Crippen LogP contribution in [0.15, 0.2) is 36.0 Å². The summed E-state index contributed by atoms with van der Waals surface area (Å²) in [6.07, 6.45) is 5.61. The fourth-order valence-corrected chi connectivity index (χ4v) is 4.44. The molecule has 27 heavy (non-hydrogen) atoms. The molecule has 3 aromatic rings. The number of amides is 1. The van der Waals surface area contributed by atoms with E-state index in [1.807, 2.05) is 29.6 Å². The normalized spacial score (nSPS) is 20.5. The summed E-state index contributed by atoms with van der Waals surface area (Å²) in [5, 5.41) is 16.6. The van der Waals surface area contributed by atoms with Gasteiger partial charge in [-0.1, -0.05) is 18.6 Å². The Morgan fingerprint density at radius 1 is 1.37 bits per heavy atom. The van der Waals surface area contributed by atoms with Gasteiger partial charge < -0.3 is 4.74 Å². The number of hydrogen-bond acceptors (Lipinski definition) is 7. The fourth-order valence-electron chi connectivity index (χ4n) is 3.72. The van der Waals surface area contributed by atoms with Gasteiger partial charge in [0.1, 0.15) is 12.4 Å². The maximum atomic E-state index is 12.5. The van der Waals surface area contributed by atoms with E-state index in [1.165, 1.54) is 30.6 Å². The zero-order valence-electron chi connectivity index (χ0n) is 14.5. The van der Waals surface area contributed by atoms with Crippen molar-refractivity contribution < 1.29 is 9.53 Å². The molecular weight excluding hydrogens is 364 g/mol. The highest BCUT2D eigenvalue weighted by Crippen LogP contribution is 2.49. The molecule has 1 aliphatic carbocycles. The van der Waals surface area contributed by atoms with E-state index >= 15 is 0 Å². The van der Waals surface area contributed by atoms with Gasteiger partial charge in [-0.25, -0.2) is 9.67 Å². The summed E-state index contributed by atoms with van der Waals surface area (Å²) in [4.78, 5) is 17.1. The largest absolute Gasteiger partial charge is 0.368 e. The van der Waals surface area contributed by atoms with Crippen LogP contribution in [0, 0.1) is 5.41 Å². The van der Waals surface area contributed by atoms with Crippen molar-refractivity contribution in [2.75, 3.05) is 11.9 Å². The van der Waals surface area contributed by atoms with Crippen LogP contribution >= 0.6 is 11.3 Å². The zero-order valence-corrected chi connectivity index (χ0v) is 15.4. The van der Waals surface area contributed by atoms with Crippen molar-refractivity contribution in [2.24, 2.45) is 5.41 Å². The minimum atomic E-state index is -0.360. The topological polar surface area (TPSA) is 94.8 Å². The Morgan fingerprint density at radius 2 is 2.30 bits per heavy atom. The third-order valence-corrected chi connectivity index (χ3v) is 6.16. The molecule has 2 aromatic heterocycles. The van der Waals surface area contributed by atoms with E-state index in [0.717, 1.165) is 23.4 Å². The Morgan fingerprint density at radius 3 is 3.04 bits per heavy atom. The Hall–Kier alpha value is -2.65. The van der Waals surface area contributed by atoms with E-state index in [4.69, 9.17) is 4.74 Å². The number of nitrogens with one attached hydrogen (secondary N) is 1. The molecule has 1 N–H and O–H groups in total. The van der Waals surface area contributed by atoms with Crippen LogP contribution in [0.1, 0.15) is 25.7 Å². The molecule has 1 aliphatic heterocycles. The molecule has 8 nitrogen and oxygen atoms in total. The van der Waals surface area contributed by atoms with Crippen LogP contribution in [0.25, 0.3) is 16.9 Å². The molecule has 1 spiro atoms. The summed E-state index contributed by atoms with van der Waals surface area (Å²) in [6.45, 7) is 0.706. The van der Waals surface area contributed by atoms with Crippen LogP contribution in [0.2, 0.25) is 0 Å². The lowest BCUT2D eigenvalue weighted by Gasteiger charge is -2.36. The van der Waals surface area contributed by atoms with E-state index in [2.05, 4.69) is 25.8 Å². The van der Waals surface area contributed by atoms with Crippen molar-refractivity contribution in [1.29, 1.82) is 0 Å². The second-order valence-electron chi connectivity index (χ2n) is 7.19. The van der Waals surface area contributed by atoms with Crippen molar-refractivity contribution in [1.82, 2.24) is 25.2 Å². The summed E-state index contributed by atoms with van der Waals surface area (Å²) in [7, 11) is 0. The molecule has 2 fully saturated rings. The second kappa shape index (κ2) is 6.50. The van der Waals surface area contributed by atoms with Crippen LogP contribution in [0.4, 0.5) is 5.13 Å². The highest BCUT2D eigenvalue weighted by Gasteiger charge is 2.46. The van der Waals surface area contributed by atoms with Gasteiger partial charge in [0.15, 0.2) is 5.13 Å². The Kier molecular flexibility index (Phi) is 3.98. The minimum Gasteiger partial charge on any atom is -0.368 e. The van der Waals surface area contributed by atoms with E-state index in [-0.39, 0.29) is 17.4 Å². The number of nitrogens with zero attached hydrogens (tertiary/aromatic N) is 5. The Labute approximate surface area is 159 Å². The van der Waals surface area contributed by atoms with Gasteiger partial charge in [-0.2, -0.15) is 0 Å². The molecule has 1 saturated carbocycles. The standard InChI is InChI=1S/C18H18N6O2S/c25-16(15-8-18(10-26-15)5-2-6-18)21-17-20-14(9-27-17)12-3-1-4-13(7-12)24-11-19-22-23-24/h1,3-4,7,9,11,15H,2,5-6,8,10H2,(H,20,21,25). The molecule has 0 bridgehead atoms. The number of anilines is 1. The summed E-state index contributed by atoms with van der Waals surface area (Å²) >= 11 is 1.41. The number of carbonyl (C=O) groups is 1. The number of hydrogen-bond donors (Lipinski definition) is 1. The molecule has 1 aromatic carbocycles. The SMILES string of the molecule is O=C(Nc1nc(-c2cccc(-n3cnnn3)c2)cs1)C1CC2(CCC2)CO1. The molecule has 1 atom stereocenters. The second-order valence-corrected chi connectivity index (χ2v) is 8.05. The molecule has 5 rings (SSSR count). The third kappa shape index (κ3) is 3.13. The molecule has 1 amide bonds. The van der Waals surface area contributed by atoms with Crippen molar-refractivity contribution in [3.05, 3.63) is 36.0 Å². The molecule has 1 saturated heterocycles. The van der Waals surface area contributed by atoms with Gasteiger partial charge in [0.05, 0.1) is 18.0 Å². The summed E-state index contributed by atoms with van der Waals surface area (Å²) in [6, 6.07) is 7.77. The maximum absolute atomic E-state index is 12.5. The first kappa shape index (κ1) is 16.5. The first-order valence-corrected chi connectivity index (χ1v) is 9.81. The highest BCUT2D eigenvalue weighted by molar-refractivity contribution is 7.14. The van der Waals surface area contributed by atoms with Gasteiger partial charge in [-0.3, -0.25) is 10.1 Å². The van der Waals surface area contributed by atoms with Crippen LogP contribution in [0.5, 0.6) is 0 Å². The average Bonchev–Trinajstić information content (AvgIpc) is 3.40. The van der Waals surface area contributed by atoms with Gasteiger partial charge >= 0.3 is 0 Å². The Balaban J connectivity index is 1.29. The van der Waals surface area contributed by atoms with Crippen molar-refractivity contribution >= 4 is 22.4 Å². The summed E-state index contributed by atoms with van der Waals surface area (Å²) in [5.74, 6) is -0.0953. The van der Waals surface area contributed by atoms with E-state index < -0.39 is 0 Å². The number of ether oxygens (including phenoxy) is 1. The lowest BCUT2D eigenvalue weighted by atomic mass is 9.67. The quantitative estimate of drug-likeness (QED) is 0.745. The van der Waals surface area contributed by atoms with E-state index in [1.54, 1.807) is 11.0 Å². The molecule has 1 unspecified atom stereocenters. The van der Waals surface area contributed by atoms with Gasteiger partial charge in [0.2, 0.25) is 0 Å². The number of rotatable bonds is 4. The van der Waals surface area contributed by atoms with Crippen LogP contribution < -0.4 is 5.32 Å². The predicted octanol–water partition coefficient (Wildman–Crippen LogP) is 2.68. The van der Waals surface area contributed by atoms with E-state index in [0.29, 0.717) is 11.7 Å². The molecule has 3 heterocycles. The molecule has 9 heteroatoms. The van der Waals surface area contributed by atoms with Crippen LogP contribution in [0.3, 0.4) is 0 Å². The lowest BCUT2D eigenvalue weighted by Crippen LogP contribution is -2.32.